The second-order valence-electron chi connectivity index (χ2n) is 7.34. The lowest BCUT2D eigenvalue weighted by Crippen LogP contribution is -2.50. The fourth-order valence-electron chi connectivity index (χ4n) is 2.70. The average molecular weight is 238 g/mol. The number of hydrogen-bond acceptors (Lipinski definition) is 2. The molecule has 0 amide bonds. The fourth-order valence-corrected chi connectivity index (χ4v) is 2.70. The minimum absolute atomic E-state index is 0.266. The maximum Gasteiger partial charge on any atom is 0.0270 e. The molecule has 0 aromatic rings. The molecule has 0 aromatic carbocycles. The van der Waals surface area contributed by atoms with Crippen molar-refractivity contribution in [1.29, 1.82) is 0 Å². The van der Waals surface area contributed by atoms with Gasteiger partial charge < -0.3 is 5.73 Å². The molecule has 1 rings (SSSR count). The maximum atomic E-state index is 5.95. The number of hydrogen-bond donors (Lipinski definition) is 1. The van der Waals surface area contributed by atoms with Crippen LogP contribution < -0.4 is 5.73 Å². The summed E-state index contributed by atoms with van der Waals surface area (Å²) in [7, 11) is 0. The van der Waals surface area contributed by atoms with Crippen molar-refractivity contribution in [3.8, 4) is 0 Å². The molecular formula is C15H30N2. The standard InChI is InChI=1S/C15H30N2/c1-14(2,3)12-7-9-17(10-8-12)13(11-16)15(4,5)6/h7,13H,8-11,16H2,1-6H3. The molecule has 0 bridgehead atoms. The second kappa shape index (κ2) is 5.11. The van der Waals surface area contributed by atoms with Crippen LogP contribution in [0.2, 0.25) is 0 Å². The third-order valence-corrected chi connectivity index (χ3v) is 3.87. The maximum absolute atomic E-state index is 5.95. The first kappa shape index (κ1) is 14.7. The lowest BCUT2D eigenvalue weighted by Gasteiger charge is -2.42. The Hall–Kier alpha value is -0.340. The molecule has 1 atom stereocenters. The summed E-state index contributed by atoms with van der Waals surface area (Å²) in [5.41, 5.74) is 8.13. The van der Waals surface area contributed by atoms with Crippen LogP contribution in [0.1, 0.15) is 48.0 Å². The summed E-state index contributed by atoms with van der Waals surface area (Å²) in [5, 5.41) is 0. The SMILES string of the molecule is CC(C)(C)C1=CCN(C(CN)C(C)(C)C)CC1. The Kier molecular flexibility index (Phi) is 4.43. The molecule has 0 spiro atoms. The lowest BCUT2D eigenvalue weighted by molar-refractivity contribution is 0.110. The molecule has 1 aliphatic heterocycles. The Morgan fingerprint density at radius 3 is 2.12 bits per heavy atom. The van der Waals surface area contributed by atoms with Crippen LogP contribution >= 0.6 is 0 Å². The highest BCUT2D eigenvalue weighted by Gasteiger charge is 2.31. The molecule has 0 fully saturated rings. The van der Waals surface area contributed by atoms with Crippen molar-refractivity contribution in [2.24, 2.45) is 16.6 Å². The van der Waals surface area contributed by atoms with Gasteiger partial charge in [-0.15, -0.1) is 0 Å². The monoisotopic (exact) mass is 238 g/mol. The summed E-state index contributed by atoms with van der Waals surface area (Å²) in [4.78, 5) is 2.54. The third-order valence-electron chi connectivity index (χ3n) is 3.87. The molecular weight excluding hydrogens is 208 g/mol. The first-order chi connectivity index (χ1) is 7.66. The predicted octanol–water partition coefficient (Wildman–Crippen LogP) is 3.04. The number of rotatable bonds is 2. The minimum Gasteiger partial charge on any atom is -0.329 e. The van der Waals surface area contributed by atoms with Gasteiger partial charge in [0, 0.05) is 25.7 Å². The van der Waals surface area contributed by atoms with E-state index in [2.05, 4.69) is 52.5 Å². The summed E-state index contributed by atoms with van der Waals surface area (Å²) in [6, 6.07) is 0.486. The molecule has 1 aliphatic rings. The van der Waals surface area contributed by atoms with Crippen molar-refractivity contribution in [3.63, 3.8) is 0 Å². The molecule has 0 saturated carbocycles. The largest absolute Gasteiger partial charge is 0.329 e. The predicted molar refractivity (Wildman–Crippen MR) is 76.0 cm³/mol. The van der Waals surface area contributed by atoms with Gasteiger partial charge in [-0.05, 0) is 17.3 Å². The summed E-state index contributed by atoms with van der Waals surface area (Å²) >= 11 is 0. The Labute approximate surface area is 107 Å². The Bertz CT molecular complexity index is 278. The summed E-state index contributed by atoms with van der Waals surface area (Å²) < 4.78 is 0. The molecule has 2 heteroatoms. The quantitative estimate of drug-likeness (QED) is 0.749. The first-order valence-electron chi connectivity index (χ1n) is 6.80. The topological polar surface area (TPSA) is 29.3 Å². The van der Waals surface area contributed by atoms with Crippen LogP contribution in [0.15, 0.2) is 11.6 Å². The van der Waals surface area contributed by atoms with Crippen molar-refractivity contribution in [1.82, 2.24) is 4.90 Å². The van der Waals surface area contributed by atoms with Gasteiger partial charge >= 0.3 is 0 Å². The van der Waals surface area contributed by atoms with Crippen LogP contribution in [-0.4, -0.2) is 30.6 Å². The van der Waals surface area contributed by atoms with Gasteiger partial charge in [0.2, 0.25) is 0 Å². The van der Waals surface area contributed by atoms with E-state index in [-0.39, 0.29) is 5.41 Å². The van der Waals surface area contributed by atoms with Crippen LogP contribution in [-0.2, 0) is 0 Å². The fraction of sp³-hybridized carbons (Fsp3) is 0.867. The van der Waals surface area contributed by atoms with Gasteiger partial charge in [-0.3, -0.25) is 4.90 Å². The second-order valence-corrected chi connectivity index (χ2v) is 7.34. The zero-order valence-corrected chi connectivity index (χ0v) is 12.5. The van der Waals surface area contributed by atoms with Gasteiger partial charge in [-0.2, -0.15) is 0 Å². The van der Waals surface area contributed by atoms with Gasteiger partial charge in [0.15, 0.2) is 0 Å². The van der Waals surface area contributed by atoms with Gasteiger partial charge in [-0.1, -0.05) is 53.2 Å². The highest BCUT2D eigenvalue weighted by molar-refractivity contribution is 5.15. The van der Waals surface area contributed by atoms with Gasteiger partial charge in [0.1, 0.15) is 0 Å². The summed E-state index contributed by atoms with van der Waals surface area (Å²) in [6.45, 7) is 16.7. The van der Waals surface area contributed by atoms with E-state index in [0.29, 0.717) is 11.5 Å². The Morgan fingerprint density at radius 1 is 1.24 bits per heavy atom. The van der Waals surface area contributed by atoms with E-state index in [9.17, 15) is 0 Å². The van der Waals surface area contributed by atoms with Crippen LogP contribution in [0.25, 0.3) is 0 Å². The normalized spacial score (nSPS) is 21.2. The van der Waals surface area contributed by atoms with Gasteiger partial charge in [0.05, 0.1) is 0 Å². The summed E-state index contributed by atoms with van der Waals surface area (Å²) in [5.74, 6) is 0. The van der Waals surface area contributed by atoms with Crippen LogP contribution in [0.5, 0.6) is 0 Å². The van der Waals surface area contributed by atoms with Crippen molar-refractivity contribution < 1.29 is 0 Å². The van der Waals surface area contributed by atoms with Crippen molar-refractivity contribution >= 4 is 0 Å². The average Bonchev–Trinajstić information content (AvgIpc) is 2.16. The van der Waals surface area contributed by atoms with Gasteiger partial charge in [-0.25, -0.2) is 0 Å². The lowest BCUT2D eigenvalue weighted by atomic mass is 9.81. The molecule has 0 aromatic heterocycles. The molecule has 0 aliphatic carbocycles. The molecule has 100 valence electrons. The van der Waals surface area contributed by atoms with E-state index in [4.69, 9.17) is 5.73 Å². The van der Waals surface area contributed by atoms with E-state index >= 15 is 0 Å². The molecule has 2 nitrogen and oxygen atoms in total. The Balaban J connectivity index is 2.71. The minimum atomic E-state index is 0.266. The highest BCUT2D eigenvalue weighted by Crippen LogP contribution is 2.32. The van der Waals surface area contributed by atoms with Crippen LogP contribution in [0.3, 0.4) is 0 Å². The third kappa shape index (κ3) is 3.82. The molecule has 1 unspecified atom stereocenters. The van der Waals surface area contributed by atoms with E-state index in [1.54, 1.807) is 5.57 Å². The zero-order chi connectivity index (χ0) is 13.3. The first-order valence-corrected chi connectivity index (χ1v) is 6.80. The van der Waals surface area contributed by atoms with Crippen LogP contribution in [0.4, 0.5) is 0 Å². The van der Waals surface area contributed by atoms with E-state index in [0.717, 1.165) is 19.6 Å². The number of nitrogens with two attached hydrogens (primary N) is 1. The molecule has 0 radical (unpaired) electrons. The van der Waals surface area contributed by atoms with Gasteiger partial charge in [0.25, 0.3) is 0 Å². The van der Waals surface area contributed by atoms with E-state index in [1.807, 2.05) is 0 Å². The molecule has 17 heavy (non-hydrogen) atoms. The van der Waals surface area contributed by atoms with E-state index < -0.39 is 0 Å². The van der Waals surface area contributed by atoms with Crippen molar-refractivity contribution in [2.75, 3.05) is 19.6 Å². The van der Waals surface area contributed by atoms with E-state index in [1.165, 1.54) is 6.42 Å². The molecule has 0 saturated heterocycles. The van der Waals surface area contributed by atoms with Crippen LogP contribution in [0, 0.1) is 10.8 Å². The van der Waals surface area contributed by atoms with Crippen molar-refractivity contribution in [3.05, 3.63) is 11.6 Å². The van der Waals surface area contributed by atoms with Crippen molar-refractivity contribution in [2.45, 2.75) is 54.0 Å². The molecule has 2 N–H and O–H groups in total. The highest BCUT2D eigenvalue weighted by atomic mass is 15.2. The Morgan fingerprint density at radius 2 is 1.82 bits per heavy atom. The summed E-state index contributed by atoms with van der Waals surface area (Å²) in [6.07, 6.45) is 3.61. The molecule has 1 heterocycles. The number of nitrogens with zero attached hydrogens (tertiary/aromatic N) is 1. The smallest absolute Gasteiger partial charge is 0.0270 e. The zero-order valence-electron chi connectivity index (χ0n) is 12.5.